The molecule has 36 valence electrons. The summed E-state index contributed by atoms with van der Waals surface area (Å²) < 4.78 is 0. The van der Waals surface area contributed by atoms with Crippen molar-refractivity contribution < 1.29 is 0 Å². The molecule has 0 amide bonds. The van der Waals surface area contributed by atoms with Gasteiger partial charge in [0, 0.05) is 0 Å². The molecule has 5 fully saturated rings. The van der Waals surface area contributed by atoms with Crippen molar-refractivity contribution in [1.82, 2.24) is 0 Å². The maximum Gasteiger partial charge on any atom is -0.0224 e. The highest BCUT2D eigenvalue weighted by molar-refractivity contribution is 5.50. The van der Waals surface area contributed by atoms with Crippen LogP contribution in [-0.2, 0) is 0 Å². The molecule has 4 unspecified atom stereocenters. The van der Waals surface area contributed by atoms with Gasteiger partial charge in [-0.15, -0.1) is 0 Å². The van der Waals surface area contributed by atoms with Gasteiger partial charge in [-0.3, -0.25) is 0 Å². The molecule has 5 aliphatic carbocycles. The summed E-state index contributed by atoms with van der Waals surface area (Å²) in [5, 5.41) is 0. The molecule has 0 heteroatoms. The summed E-state index contributed by atoms with van der Waals surface area (Å²) in [6, 6.07) is 0. The highest BCUT2D eigenvalue weighted by Gasteiger charge is 3.03. The molecule has 7 heavy (non-hydrogen) atoms. The van der Waals surface area contributed by atoms with Crippen molar-refractivity contribution in [1.29, 1.82) is 0 Å². The summed E-state index contributed by atoms with van der Waals surface area (Å²) in [6.07, 6.45) is 0. The van der Waals surface area contributed by atoms with Crippen LogP contribution in [0.2, 0.25) is 0 Å². The Labute approximate surface area is 42.9 Å². The number of rotatable bonds is 0. The summed E-state index contributed by atoms with van der Waals surface area (Å²) >= 11 is 0. The molecule has 0 aromatic carbocycles. The lowest BCUT2D eigenvalue weighted by Crippen LogP contribution is -2.16. The zero-order valence-electron chi connectivity index (χ0n) is 4.39. The van der Waals surface area contributed by atoms with Crippen LogP contribution >= 0.6 is 0 Å². The van der Waals surface area contributed by atoms with Gasteiger partial charge in [0.25, 0.3) is 0 Å². The fourth-order valence-electron chi connectivity index (χ4n) is 4.09. The Morgan fingerprint density at radius 1 is 1.00 bits per heavy atom. The molecule has 0 saturated heterocycles. The van der Waals surface area contributed by atoms with E-state index in [9.17, 15) is 0 Å². The minimum atomic E-state index is 0.981. The Balaban J connectivity index is 2.17. The highest BCUT2D eigenvalue weighted by Crippen LogP contribution is 3.07. The van der Waals surface area contributed by atoms with Gasteiger partial charge in [-0.25, -0.2) is 0 Å². The van der Waals surface area contributed by atoms with Gasteiger partial charge in [-0.2, -0.15) is 0 Å². The van der Waals surface area contributed by atoms with E-state index in [1.165, 1.54) is 29.6 Å². The minimum absolute atomic E-state index is 0.981. The van der Waals surface area contributed by atoms with Crippen LogP contribution in [0.3, 0.4) is 0 Å². The van der Waals surface area contributed by atoms with E-state index in [2.05, 4.69) is 6.92 Å². The topological polar surface area (TPSA) is 0 Å². The lowest BCUT2D eigenvalue weighted by molar-refractivity contribution is 0.267. The second-order valence-electron chi connectivity index (χ2n) is 4.10. The molecule has 4 atom stereocenters. The summed E-state index contributed by atoms with van der Waals surface area (Å²) in [5.74, 6) is 6.44. The summed E-state index contributed by atoms with van der Waals surface area (Å²) in [5.41, 5.74) is 0.981. The molecular formula is C7H8. The van der Waals surface area contributed by atoms with Crippen molar-refractivity contribution in [2.24, 2.45) is 35.0 Å². The van der Waals surface area contributed by atoms with Crippen molar-refractivity contribution in [2.45, 2.75) is 6.92 Å². The average Bonchev–Trinajstić information content (AvgIpc) is 2.05. The molecule has 5 aliphatic rings. The van der Waals surface area contributed by atoms with Crippen LogP contribution in [0, 0.1) is 35.0 Å². The first-order valence-electron chi connectivity index (χ1n) is 3.37. The Hall–Kier alpha value is 0. The molecule has 0 radical (unpaired) electrons. The number of hydrogen-bond acceptors (Lipinski definition) is 0. The Morgan fingerprint density at radius 2 is 1.57 bits per heavy atom. The third-order valence-corrected chi connectivity index (χ3v) is 4.39. The smallest absolute Gasteiger partial charge is 0.0224 e. The Kier molecular flexibility index (Phi) is 0.122. The summed E-state index contributed by atoms with van der Waals surface area (Å²) in [4.78, 5) is 0. The van der Waals surface area contributed by atoms with Gasteiger partial charge in [0.1, 0.15) is 0 Å². The molecule has 0 N–H and O–H groups in total. The van der Waals surface area contributed by atoms with E-state index in [-0.39, 0.29) is 0 Å². The Morgan fingerprint density at radius 3 is 1.71 bits per heavy atom. The van der Waals surface area contributed by atoms with Crippen LogP contribution in [0.4, 0.5) is 0 Å². The van der Waals surface area contributed by atoms with Crippen LogP contribution in [0.25, 0.3) is 0 Å². The molecule has 0 aliphatic heterocycles. The second kappa shape index (κ2) is 0.340. The van der Waals surface area contributed by atoms with Crippen molar-refractivity contribution in [3.63, 3.8) is 0 Å². The number of hydrogen-bond donors (Lipinski definition) is 0. The first kappa shape index (κ1) is 2.52. The first-order chi connectivity index (χ1) is 3.37. The predicted octanol–water partition coefficient (Wildman–Crippen LogP) is 1.13. The van der Waals surface area contributed by atoms with Gasteiger partial charge in [-0.1, -0.05) is 6.92 Å². The first-order valence-corrected chi connectivity index (χ1v) is 3.37. The maximum absolute atomic E-state index is 2.49. The monoisotopic (exact) mass is 92.1 g/mol. The van der Waals surface area contributed by atoms with Crippen molar-refractivity contribution in [2.75, 3.05) is 0 Å². The molecule has 0 nitrogen and oxygen atoms in total. The molecule has 0 aromatic rings. The molecular weight excluding hydrogens is 84.1 g/mol. The SMILES string of the molecule is CC12C3C4C3C1C42. The fourth-order valence-corrected chi connectivity index (χ4v) is 4.09. The molecule has 5 saturated carbocycles. The van der Waals surface area contributed by atoms with E-state index < -0.39 is 0 Å². The van der Waals surface area contributed by atoms with Crippen LogP contribution in [0.15, 0.2) is 0 Å². The molecule has 0 heterocycles. The van der Waals surface area contributed by atoms with Gasteiger partial charge in [0.15, 0.2) is 0 Å². The zero-order valence-corrected chi connectivity index (χ0v) is 4.39. The molecule has 0 spiro atoms. The maximum atomic E-state index is 2.49. The van der Waals surface area contributed by atoms with Crippen LogP contribution < -0.4 is 0 Å². The van der Waals surface area contributed by atoms with Gasteiger partial charge in [0.2, 0.25) is 0 Å². The van der Waals surface area contributed by atoms with Gasteiger partial charge < -0.3 is 0 Å². The van der Waals surface area contributed by atoms with E-state index in [1.807, 2.05) is 0 Å². The quantitative estimate of drug-likeness (QED) is 0.420. The predicted molar refractivity (Wildman–Crippen MR) is 25.6 cm³/mol. The van der Waals surface area contributed by atoms with E-state index in [0.29, 0.717) is 0 Å². The lowest BCUT2D eigenvalue weighted by atomic mass is 9.84. The Bertz CT molecular complexity index is 153. The second-order valence-corrected chi connectivity index (χ2v) is 4.10. The normalized spacial score (nSPS) is 105. The standard InChI is InChI=1S/C7H8/c1-7-4-2-3(4)6(7)5(2)7/h2-6H,1H3. The van der Waals surface area contributed by atoms with Gasteiger partial charge in [0.05, 0.1) is 0 Å². The van der Waals surface area contributed by atoms with Gasteiger partial charge >= 0.3 is 0 Å². The summed E-state index contributed by atoms with van der Waals surface area (Å²) in [7, 11) is 0. The van der Waals surface area contributed by atoms with E-state index in [4.69, 9.17) is 0 Å². The van der Waals surface area contributed by atoms with E-state index in [0.717, 1.165) is 5.41 Å². The van der Waals surface area contributed by atoms with Gasteiger partial charge in [-0.05, 0) is 35.0 Å². The zero-order chi connectivity index (χ0) is 4.39. The molecule has 5 rings (SSSR count). The van der Waals surface area contributed by atoms with Crippen LogP contribution in [0.5, 0.6) is 0 Å². The minimum Gasteiger partial charge on any atom is -0.0588 e. The van der Waals surface area contributed by atoms with Crippen molar-refractivity contribution >= 4 is 0 Å². The molecule has 0 aromatic heterocycles. The average molecular weight is 92.1 g/mol. The van der Waals surface area contributed by atoms with Crippen LogP contribution in [-0.4, -0.2) is 0 Å². The molecule has 0 bridgehead atoms. The van der Waals surface area contributed by atoms with E-state index >= 15 is 0 Å². The van der Waals surface area contributed by atoms with Crippen molar-refractivity contribution in [3.05, 3.63) is 0 Å². The third-order valence-electron chi connectivity index (χ3n) is 4.39. The lowest BCUT2D eigenvalue weighted by Gasteiger charge is -2.20. The highest BCUT2D eigenvalue weighted by atomic mass is 15.1. The largest absolute Gasteiger partial charge is 0.0588 e. The van der Waals surface area contributed by atoms with E-state index in [1.54, 1.807) is 0 Å². The van der Waals surface area contributed by atoms with Crippen LogP contribution in [0.1, 0.15) is 6.92 Å². The van der Waals surface area contributed by atoms with Crippen molar-refractivity contribution in [3.8, 4) is 0 Å². The third kappa shape index (κ3) is 0.0665. The fraction of sp³-hybridized carbons (Fsp3) is 1.00. The summed E-state index contributed by atoms with van der Waals surface area (Å²) in [6.45, 7) is 2.49.